The zero-order valence-corrected chi connectivity index (χ0v) is 14.2. The summed E-state index contributed by atoms with van der Waals surface area (Å²) in [5.41, 5.74) is 3.82. The third-order valence-electron chi connectivity index (χ3n) is 3.22. The largest absolute Gasteiger partial charge is 0.371 e. The molecule has 0 aromatic carbocycles. The Hall–Kier alpha value is -1.09. The van der Waals surface area contributed by atoms with Gasteiger partial charge < -0.3 is 10.2 Å². The smallest absolute Gasteiger partial charge is 0.0445 e. The highest BCUT2D eigenvalue weighted by molar-refractivity contribution is 5.53. The first-order chi connectivity index (χ1) is 9.23. The van der Waals surface area contributed by atoms with Crippen molar-refractivity contribution in [2.75, 3.05) is 18.0 Å². The Labute approximate surface area is 124 Å². The average molecular weight is 277 g/mol. The fraction of sp³-hybridized carbons (Fsp3) is 0.706. The van der Waals surface area contributed by atoms with Crippen LogP contribution in [0.15, 0.2) is 12.3 Å². The first-order valence-corrected chi connectivity index (χ1v) is 7.68. The minimum absolute atomic E-state index is 0.122. The van der Waals surface area contributed by atoms with E-state index in [0.717, 1.165) is 25.3 Å². The molecule has 1 rings (SSSR count). The van der Waals surface area contributed by atoms with Gasteiger partial charge in [0.2, 0.25) is 0 Å². The number of pyridine rings is 1. The van der Waals surface area contributed by atoms with Crippen molar-refractivity contribution < 1.29 is 0 Å². The van der Waals surface area contributed by atoms with E-state index in [0.29, 0.717) is 5.92 Å². The maximum absolute atomic E-state index is 4.47. The third kappa shape index (κ3) is 5.49. The van der Waals surface area contributed by atoms with E-state index in [2.05, 4.69) is 69.7 Å². The number of anilines is 1. The molecule has 0 saturated heterocycles. The van der Waals surface area contributed by atoms with Crippen LogP contribution < -0.4 is 10.2 Å². The summed E-state index contributed by atoms with van der Waals surface area (Å²) in [6.45, 7) is 18.4. The summed E-state index contributed by atoms with van der Waals surface area (Å²) in [4.78, 5) is 6.93. The number of hydrogen-bond donors (Lipinski definition) is 1. The molecule has 0 unspecified atom stereocenters. The van der Waals surface area contributed by atoms with Gasteiger partial charge in [-0.05, 0) is 46.6 Å². The minimum atomic E-state index is 0.122. The molecule has 3 nitrogen and oxygen atoms in total. The molecule has 1 heterocycles. The predicted octanol–water partition coefficient (Wildman–Crippen LogP) is 3.76. The van der Waals surface area contributed by atoms with E-state index < -0.39 is 0 Å². The van der Waals surface area contributed by atoms with Crippen molar-refractivity contribution in [2.45, 2.75) is 60.5 Å². The van der Waals surface area contributed by atoms with Gasteiger partial charge in [0.25, 0.3) is 0 Å². The Balaban J connectivity index is 2.99. The molecule has 0 aliphatic heterocycles. The van der Waals surface area contributed by atoms with Crippen LogP contribution in [0, 0.1) is 12.8 Å². The van der Waals surface area contributed by atoms with Crippen molar-refractivity contribution in [2.24, 2.45) is 5.92 Å². The van der Waals surface area contributed by atoms with E-state index in [1.807, 2.05) is 6.20 Å². The number of hydrogen-bond acceptors (Lipinski definition) is 3. The zero-order valence-electron chi connectivity index (χ0n) is 14.2. The summed E-state index contributed by atoms with van der Waals surface area (Å²) < 4.78 is 0. The van der Waals surface area contributed by atoms with Gasteiger partial charge in [-0.1, -0.05) is 13.8 Å². The first-order valence-electron chi connectivity index (χ1n) is 7.68. The first kappa shape index (κ1) is 17.0. The second-order valence-corrected chi connectivity index (χ2v) is 6.99. The van der Waals surface area contributed by atoms with E-state index in [1.54, 1.807) is 0 Å². The van der Waals surface area contributed by atoms with Crippen LogP contribution in [-0.2, 0) is 6.54 Å². The minimum Gasteiger partial charge on any atom is -0.371 e. The summed E-state index contributed by atoms with van der Waals surface area (Å²) in [6.07, 6.45) is 2.02. The molecule has 20 heavy (non-hydrogen) atoms. The van der Waals surface area contributed by atoms with Crippen LogP contribution >= 0.6 is 0 Å². The Morgan fingerprint density at radius 3 is 2.45 bits per heavy atom. The highest BCUT2D eigenvalue weighted by Gasteiger charge is 2.15. The summed E-state index contributed by atoms with van der Waals surface area (Å²) in [6, 6.07) is 2.21. The highest BCUT2D eigenvalue weighted by atomic mass is 15.1. The maximum Gasteiger partial charge on any atom is 0.0445 e. The van der Waals surface area contributed by atoms with Crippen LogP contribution in [0.4, 0.5) is 5.69 Å². The topological polar surface area (TPSA) is 28.2 Å². The van der Waals surface area contributed by atoms with Gasteiger partial charge in [0, 0.05) is 48.3 Å². The average Bonchev–Trinajstić information content (AvgIpc) is 2.33. The van der Waals surface area contributed by atoms with E-state index in [-0.39, 0.29) is 5.54 Å². The molecule has 0 aliphatic rings. The Bertz CT molecular complexity index is 419. The van der Waals surface area contributed by atoms with Crippen LogP contribution in [0.1, 0.15) is 52.8 Å². The SMILES string of the molecule is CCN(CC(C)C)c1cc(C)ncc1CNC(C)(C)C. The number of aromatic nitrogens is 1. The van der Waals surface area contributed by atoms with Crippen LogP contribution in [0.3, 0.4) is 0 Å². The van der Waals surface area contributed by atoms with E-state index in [1.165, 1.54) is 11.3 Å². The molecular weight excluding hydrogens is 246 g/mol. The molecule has 0 radical (unpaired) electrons. The molecule has 0 atom stereocenters. The van der Waals surface area contributed by atoms with Crippen LogP contribution in [0.2, 0.25) is 0 Å². The van der Waals surface area contributed by atoms with Crippen molar-refractivity contribution in [3.8, 4) is 0 Å². The van der Waals surface area contributed by atoms with E-state index in [4.69, 9.17) is 0 Å². The lowest BCUT2D eigenvalue weighted by Gasteiger charge is -2.29. The highest BCUT2D eigenvalue weighted by Crippen LogP contribution is 2.22. The second-order valence-electron chi connectivity index (χ2n) is 6.99. The molecule has 0 aliphatic carbocycles. The van der Waals surface area contributed by atoms with Crippen molar-refractivity contribution in [1.82, 2.24) is 10.3 Å². The van der Waals surface area contributed by atoms with Gasteiger partial charge in [0.05, 0.1) is 0 Å². The molecule has 0 bridgehead atoms. The molecule has 1 aromatic heterocycles. The number of aryl methyl sites for hydroxylation is 1. The molecule has 0 spiro atoms. The molecule has 1 aromatic rings. The van der Waals surface area contributed by atoms with Crippen molar-refractivity contribution in [1.29, 1.82) is 0 Å². The molecule has 0 amide bonds. The van der Waals surface area contributed by atoms with Gasteiger partial charge in [-0.3, -0.25) is 4.98 Å². The molecule has 1 N–H and O–H groups in total. The molecule has 114 valence electrons. The van der Waals surface area contributed by atoms with Crippen LogP contribution in [-0.4, -0.2) is 23.6 Å². The molecular formula is C17H31N3. The van der Waals surface area contributed by atoms with Crippen molar-refractivity contribution >= 4 is 5.69 Å². The summed E-state index contributed by atoms with van der Waals surface area (Å²) in [5, 5.41) is 3.56. The van der Waals surface area contributed by atoms with Crippen molar-refractivity contribution in [3.05, 3.63) is 23.5 Å². The second kappa shape index (κ2) is 7.07. The number of nitrogens with one attached hydrogen (secondary N) is 1. The lowest BCUT2D eigenvalue weighted by Crippen LogP contribution is -2.36. The molecule has 3 heteroatoms. The lowest BCUT2D eigenvalue weighted by molar-refractivity contribution is 0.423. The molecule has 0 fully saturated rings. The quantitative estimate of drug-likeness (QED) is 0.858. The Kier molecular flexibility index (Phi) is 6.00. The van der Waals surface area contributed by atoms with Gasteiger partial charge >= 0.3 is 0 Å². The van der Waals surface area contributed by atoms with Gasteiger partial charge in [-0.2, -0.15) is 0 Å². The van der Waals surface area contributed by atoms with Crippen molar-refractivity contribution in [3.63, 3.8) is 0 Å². The van der Waals surface area contributed by atoms with Gasteiger partial charge in [0.15, 0.2) is 0 Å². The Morgan fingerprint density at radius 1 is 1.30 bits per heavy atom. The predicted molar refractivity (Wildman–Crippen MR) is 88.3 cm³/mol. The number of nitrogens with zero attached hydrogens (tertiary/aromatic N) is 2. The van der Waals surface area contributed by atoms with E-state index >= 15 is 0 Å². The van der Waals surface area contributed by atoms with Crippen LogP contribution in [0.5, 0.6) is 0 Å². The number of rotatable bonds is 6. The normalized spacial score (nSPS) is 12.0. The van der Waals surface area contributed by atoms with Crippen LogP contribution in [0.25, 0.3) is 0 Å². The summed E-state index contributed by atoms with van der Waals surface area (Å²) in [7, 11) is 0. The molecule has 0 saturated carbocycles. The van der Waals surface area contributed by atoms with Gasteiger partial charge in [-0.25, -0.2) is 0 Å². The zero-order chi connectivity index (χ0) is 15.3. The maximum atomic E-state index is 4.47. The fourth-order valence-electron chi connectivity index (χ4n) is 2.20. The third-order valence-corrected chi connectivity index (χ3v) is 3.22. The summed E-state index contributed by atoms with van der Waals surface area (Å²) in [5.74, 6) is 0.659. The standard InChI is InChI=1S/C17H31N3/c1-8-20(12-13(2)3)16-9-14(4)18-10-15(16)11-19-17(5,6)7/h9-10,13,19H,8,11-12H2,1-7H3. The lowest BCUT2D eigenvalue weighted by atomic mass is 10.1. The Morgan fingerprint density at radius 2 is 1.95 bits per heavy atom. The van der Waals surface area contributed by atoms with Gasteiger partial charge in [0.1, 0.15) is 0 Å². The van der Waals surface area contributed by atoms with Gasteiger partial charge in [-0.15, -0.1) is 0 Å². The summed E-state index contributed by atoms with van der Waals surface area (Å²) >= 11 is 0. The van der Waals surface area contributed by atoms with E-state index in [9.17, 15) is 0 Å². The fourth-order valence-corrected chi connectivity index (χ4v) is 2.20. The monoisotopic (exact) mass is 277 g/mol.